The van der Waals surface area contributed by atoms with Crippen molar-refractivity contribution in [3.8, 4) is 0 Å². The Bertz CT molecular complexity index is 384. The summed E-state index contributed by atoms with van der Waals surface area (Å²) in [4.78, 5) is 10.4. The van der Waals surface area contributed by atoms with E-state index >= 15 is 0 Å². The molecule has 1 aromatic rings. The zero-order chi connectivity index (χ0) is 12.1. The molecule has 0 amide bonds. The lowest BCUT2D eigenvalue weighted by molar-refractivity contribution is -0.385. The number of aliphatic hydroxyl groups is 1. The Kier molecular flexibility index (Phi) is 4.85. The maximum Gasteiger partial charge on any atom is 0.273 e. The summed E-state index contributed by atoms with van der Waals surface area (Å²) in [6, 6.07) is 4.72. The summed E-state index contributed by atoms with van der Waals surface area (Å²) in [5.41, 5.74) is 0.681. The first kappa shape index (κ1) is 13.1. The van der Waals surface area contributed by atoms with Gasteiger partial charge in [-0.25, -0.2) is 0 Å². The van der Waals surface area contributed by atoms with Gasteiger partial charge in [-0.1, -0.05) is 15.9 Å². The molecule has 1 atom stereocenters. The highest BCUT2D eigenvalue weighted by Gasteiger charge is 2.13. The molecule has 2 N–H and O–H groups in total. The molecule has 0 spiro atoms. The number of nitro groups is 1. The predicted molar refractivity (Wildman–Crippen MR) is 64.2 cm³/mol. The van der Waals surface area contributed by atoms with E-state index in [4.69, 9.17) is 5.11 Å². The molecule has 1 unspecified atom stereocenters. The second-order valence-electron chi connectivity index (χ2n) is 3.49. The van der Waals surface area contributed by atoms with Crippen LogP contribution in [-0.4, -0.2) is 22.7 Å². The van der Waals surface area contributed by atoms with Crippen LogP contribution < -0.4 is 5.32 Å². The van der Waals surface area contributed by atoms with E-state index in [0.717, 1.165) is 4.47 Å². The number of nitrogens with one attached hydrogen (secondary N) is 1. The fraction of sp³-hybridized carbons (Fsp3) is 0.400. The molecule has 1 rings (SSSR count). The van der Waals surface area contributed by atoms with Gasteiger partial charge >= 0.3 is 0 Å². The van der Waals surface area contributed by atoms with Crippen molar-refractivity contribution in [2.75, 3.05) is 6.61 Å². The molecule has 0 saturated carbocycles. The second kappa shape index (κ2) is 5.93. The molecule has 0 bridgehead atoms. The molecule has 1 aromatic carbocycles. The van der Waals surface area contributed by atoms with Gasteiger partial charge < -0.3 is 10.4 Å². The topological polar surface area (TPSA) is 75.4 Å². The van der Waals surface area contributed by atoms with Gasteiger partial charge in [0.25, 0.3) is 5.69 Å². The highest BCUT2D eigenvalue weighted by Crippen LogP contribution is 2.22. The predicted octanol–water partition coefficient (Wildman–Crippen LogP) is 1.83. The SMILES string of the molecule is CC(CO)NCc1cc(Br)ccc1[N+](=O)[O-]. The standard InChI is InChI=1S/C10H13BrN2O3/c1-7(6-14)12-5-8-4-9(11)2-3-10(8)13(15)16/h2-4,7,12,14H,5-6H2,1H3. The van der Waals surface area contributed by atoms with Crippen LogP contribution in [0.1, 0.15) is 12.5 Å². The number of halogens is 1. The van der Waals surface area contributed by atoms with E-state index in [9.17, 15) is 10.1 Å². The molecule has 0 fully saturated rings. The van der Waals surface area contributed by atoms with Crippen LogP contribution in [0.5, 0.6) is 0 Å². The van der Waals surface area contributed by atoms with E-state index in [1.807, 2.05) is 6.92 Å². The number of benzene rings is 1. The third-order valence-electron chi connectivity index (χ3n) is 2.15. The van der Waals surface area contributed by atoms with Crippen molar-refractivity contribution in [2.24, 2.45) is 0 Å². The minimum absolute atomic E-state index is 0.00179. The summed E-state index contributed by atoms with van der Waals surface area (Å²) in [5, 5.41) is 22.6. The van der Waals surface area contributed by atoms with Gasteiger partial charge in [-0.2, -0.15) is 0 Å². The zero-order valence-electron chi connectivity index (χ0n) is 8.81. The smallest absolute Gasteiger partial charge is 0.273 e. The monoisotopic (exact) mass is 288 g/mol. The van der Waals surface area contributed by atoms with E-state index in [1.165, 1.54) is 6.07 Å². The molecular weight excluding hydrogens is 276 g/mol. The van der Waals surface area contributed by atoms with Crippen LogP contribution in [0.25, 0.3) is 0 Å². The van der Waals surface area contributed by atoms with Gasteiger partial charge in [0, 0.05) is 28.7 Å². The Morgan fingerprint density at radius 2 is 2.31 bits per heavy atom. The summed E-state index contributed by atoms with van der Waals surface area (Å²) in [6.45, 7) is 2.17. The Labute approximate surface area is 102 Å². The highest BCUT2D eigenvalue weighted by atomic mass is 79.9. The van der Waals surface area contributed by atoms with Gasteiger partial charge in [0.1, 0.15) is 0 Å². The number of nitro benzene ring substituents is 1. The molecule has 0 radical (unpaired) electrons. The third kappa shape index (κ3) is 3.55. The largest absolute Gasteiger partial charge is 0.395 e. The number of aliphatic hydroxyl groups excluding tert-OH is 1. The highest BCUT2D eigenvalue weighted by molar-refractivity contribution is 9.10. The van der Waals surface area contributed by atoms with Crippen molar-refractivity contribution in [1.82, 2.24) is 5.32 Å². The van der Waals surface area contributed by atoms with E-state index in [2.05, 4.69) is 21.2 Å². The summed E-state index contributed by atoms with van der Waals surface area (Å²) < 4.78 is 0.798. The lowest BCUT2D eigenvalue weighted by Gasteiger charge is -2.10. The number of nitrogens with zero attached hydrogens (tertiary/aromatic N) is 1. The van der Waals surface area contributed by atoms with Crippen LogP contribution in [0, 0.1) is 10.1 Å². The van der Waals surface area contributed by atoms with Crippen LogP contribution in [0.15, 0.2) is 22.7 Å². The van der Waals surface area contributed by atoms with E-state index in [1.54, 1.807) is 12.1 Å². The van der Waals surface area contributed by atoms with Crippen molar-refractivity contribution in [2.45, 2.75) is 19.5 Å². The molecule has 0 saturated heterocycles. The minimum atomic E-state index is -0.410. The van der Waals surface area contributed by atoms with Gasteiger partial charge in [0.05, 0.1) is 11.5 Å². The fourth-order valence-corrected chi connectivity index (χ4v) is 1.63. The molecule has 0 aliphatic heterocycles. The van der Waals surface area contributed by atoms with Crippen LogP contribution in [0.2, 0.25) is 0 Å². The number of hydrogen-bond acceptors (Lipinski definition) is 4. The van der Waals surface area contributed by atoms with E-state index in [-0.39, 0.29) is 18.3 Å². The molecule has 5 nitrogen and oxygen atoms in total. The molecule has 0 aliphatic rings. The summed E-state index contributed by atoms with van der Waals surface area (Å²) >= 11 is 3.27. The van der Waals surface area contributed by atoms with Crippen molar-refractivity contribution < 1.29 is 10.0 Å². The van der Waals surface area contributed by atoms with Gasteiger partial charge in [0.2, 0.25) is 0 Å². The third-order valence-corrected chi connectivity index (χ3v) is 2.65. The van der Waals surface area contributed by atoms with Gasteiger partial charge in [-0.3, -0.25) is 10.1 Å². The van der Waals surface area contributed by atoms with Crippen molar-refractivity contribution >= 4 is 21.6 Å². The summed E-state index contributed by atoms with van der Waals surface area (Å²) in [6.07, 6.45) is 0. The van der Waals surface area contributed by atoms with Crippen molar-refractivity contribution in [1.29, 1.82) is 0 Å². The van der Waals surface area contributed by atoms with Crippen LogP contribution in [0.4, 0.5) is 5.69 Å². The van der Waals surface area contributed by atoms with E-state index in [0.29, 0.717) is 12.1 Å². The fourth-order valence-electron chi connectivity index (χ4n) is 1.22. The minimum Gasteiger partial charge on any atom is -0.395 e. The maximum absolute atomic E-state index is 10.8. The van der Waals surface area contributed by atoms with Gasteiger partial charge in [-0.05, 0) is 19.1 Å². The van der Waals surface area contributed by atoms with Crippen molar-refractivity contribution in [3.05, 3.63) is 38.3 Å². The molecule has 16 heavy (non-hydrogen) atoms. The normalized spacial score (nSPS) is 12.4. The molecule has 0 heterocycles. The Morgan fingerprint density at radius 3 is 2.88 bits per heavy atom. The first-order valence-corrected chi connectivity index (χ1v) is 5.61. The van der Waals surface area contributed by atoms with Gasteiger partial charge in [-0.15, -0.1) is 0 Å². The number of rotatable bonds is 5. The Hall–Kier alpha value is -0.980. The van der Waals surface area contributed by atoms with E-state index < -0.39 is 4.92 Å². The van der Waals surface area contributed by atoms with Gasteiger partial charge in [0.15, 0.2) is 0 Å². The lowest BCUT2D eigenvalue weighted by Crippen LogP contribution is -2.28. The summed E-state index contributed by atoms with van der Waals surface area (Å²) in [5.74, 6) is 0. The Morgan fingerprint density at radius 1 is 1.62 bits per heavy atom. The van der Waals surface area contributed by atoms with Crippen LogP contribution >= 0.6 is 15.9 Å². The molecule has 0 aliphatic carbocycles. The van der Waals surface area contributed by atoms with Crippen molar-refractivity contribution in [3.63, 3.8) is 0 Å². The lowest BCUT2D eigenvalue weighted by atomic mass is 10.1. The molecule has 0 aromatic heterocycles. The number of hydrogen-bond donors (Lipinski definition) is 2. The molecule has 88 valence electrons. The second-order valence-corrected chi connectivity index (χ2v) is 4.41. The summed E-state index contributed by atoms with van der Waals surface area (Å²) in [7, 11) is 0. The first-order valence-electron chi connectivity index (χ1n) is 4.81. The van der Waals surface area contributed by atoms with Crippen LogP contribution in [-0.2, 0) is 6.54 Å². The first-order chi connectivity index (χ1) is 7.54. The molecular formula is C10H13BrN2O3. The average Bonchev–Trinajstić information content (AvgIpc) is 2.25. The molecule has 6 heteroatoms. The zero-order valence-corrected chi connectivity index (χ0v) is 10.4. The average molecular weight is 289 g/mol. The van der Waals surface area contributed by atoms with Crippen LogP contribution in [0.3, 0.4) is 0 Å². The Balaban J connectivity index is 2.84. The maximum atomic E-state index is 10.8. The quantitative estimate of drug-likeness (QED) is 0.640.